The number of pyridine rings is 1. The van der Waals surface area contributed by atoms with Crippen molar-refractivity contribution in [3.05, 3.63) is 59.4 Å². The number of hydrogen-bond donors (Lipinski definition) is 2. The summed E-state index contributed by atoms with van der Waals surface area (Å²) in [5.41, 5.74) is 3.08. The van der Waals surface area contributed by atoms with Crippen molar-refractivity contribution in [2.75, 3.05) is 18.4 Å². The van der Waals surface area contributed by atoms with Gasteiger partial charge in [0.2, 0.25) is 5.91 Å². The molecule has 3 heterocycles. The normalized spacial score (nSPS) is 20.8. The topological polar surface area (TPSA) is 98.1 Å². The number of alkyl halides is 2. The molecule has 1 unspecified atom stereocenters. The van der Waals surface area contributed by atoms with Crippen LogP contribution in [0.2, 0.25) is 0 Å². The molecule has 2 N–H and O–H groups in total. The lowest BCUT2D eigenvalue weighted by molar-refractivity contribution is -0.131. The first-order valence-electron chi connectivity index (χ1n) is 10.3. The Morgan fingerprint density at radius 2 is 2.24 bits per heavy atom. The molecule has 2 aromatic rings. The maximum atomic E-state index is 13.6. The summed E-state index contributed by atoms with van der Waals surface area (Å²) in [6.07, 6.45) is 6.00. The Morgan fingerprint density at radius 3 is 3.03 bits per heavy atom. The second-order valence-corrected chi connectivity index (χ2v) is 9.10. The Bertz CT molecular complexity index is 1160. The van der Waals surface area contributed by atoms with Gasteiger partial charge in [-0.3, -0.25) is 14.6 Å². The molecule has 2 aliphatic heterocycles. The maximum absolute atomic E-state index is 13.6. The Balaban J connectivity index is 1.39. The molecule has 1 saturated heterocycles. The fraction of sp³-hybridized carbons (Fsp3) is 0.304. The van der Waals surface area contributed by atoms with Crippen LogP contribution < -0.4 is 10.6 Å². The van der Waals surface area contributed by atoms with Crippen LogP contribution in [0.3, 0.4) is 0 Å². The average Bonchev–Trinajstić information content (AvgIpc) is 3.34. The van der Waals surface area contributed by atoms with E-state index < -0.39 is 43.3 Å². The van der Waals surface area contributed by atoms with E-state index in [1.807, 2.05) is 25.1 Å². The minimum absolute atomic E-state index is 0.0146. The smallest absolute Gasteiger partial charge is 0.268 e. The number of carbonyl (C=O) groups excluding carboxylic acids is 2. The zero-order valence-electron chi connectivity index (χ0n) is 17.7. The minimum atomic E-state index is -3.10. The molecule has 0 radical (unpaired) electrons. The van der Waals surface area contributed by atoms with E-state index in [-0.39, 0.29) is 5.37 Å². The number of fused-ring (bicyclic) bond motifs is 1. The highest BCUT2D eigenvalue weighted by Crippen LogP contribution is 2.39. The third-order valence-electron chi connectivity index (χ3n) is 5.38. The number of aromatic nitrogens is 1. The molecule has 4 rings (SSSR count). The van der Waals surface area contributed by atoms with Gasteiger partial charge in [0.15, 0.2) is 0 Å². The summed E-state index contributed by atoms with van der Waals surface area (Å²) in [7, 11) is 0. The number of hydrogen-bond acceptors (Lipinski definition) is 6. The molecular weight excluding hydrogens is 448 g/mol. The molecule has 2 amide bonds. The van der Waals surface area contributed by atoms with Crippen molar-refractivity contribution in [3.8, 4) is 6.07 Å². The maximum Gasteiger partial charge on any atom is 0.268 e. The molecule has 1 fully saturated rings. The van der Waals surface area contributed by atoms with Gasteiger partial charge in [-0.15, -0.1) is 0 Å². The van der Waals surface area contributed by atoms with Gasteiger partial charge >= 0.3 is 0 Å². The van der Waals surface area contributed by atoms with Crippen molar-refractivity contribution < 1.29 is 18.4 Å². The van der Waals surface area contributed by atoms with E-state index in [2.05, 4.69) is 21.7 Å². The Hall–Kier alpha value is -3.45. The Kier molecular flexibility index (Phi) is 6.33. The summed E-state index contributed by atoms with van der Waals surface area (Å²) in [5, 5.41) is 14.9. The van der Waals surface area contributed by atoms with Crippen molar-refractivity contribution in [1.29, 1.82) is 5.26 Å². The number of thioether (sulfide) groups is 1. The van der Waals surface area contributed by atoms with Crippen molar-refractivity contribution in [1.82, 2.24) is 15.2 Å². The molecule has 170 valence electrons. The third-order valence-corrected chi connectivity index (χ3v) is 6.50. The fourth-order valence-electron chi connectivity index (χ4n) is 3.74. The lowest BCUT2D eigenvalue weighted by Crippen LogP contribution is -2.43. The van der Waals surface area contributed by atoms with Crippen LogP contribution in [0.5, 0.6) is 0 Å². The molecule has 0 saturated carbocycles. The molecule has 7 nitrogen and oxygen atoms in total. The van der Waals surface area contributed by atoms with E-state index in [0.29, 0.717) is 11.1 Å². The summed E-state index contributed by atoms with van der Waals surface area (Å²) in [4.78, 5) is 31.1. The summed E-state index contributed by atoms with van der Waals surface area (Å²) in [5.74, 6) is -4.36. The van der Waals surface area contributed by atoms with E-state index in [4.69, 9.17) is 5.26 Å². The Labute approximate surface area is 193 Å². The molecule has 0 aliphatic carbocycles. The van der Waals surface area contributed by atoms with E-state index in [9.17, 15) is 18.4 Å². The average molecular weight is 470 g/mol. The van der Waals surface area contributed by atoms with Gasteiger partial charge in [-0.1, -0.05) is 30.0 Å². The van der Waals surface area contributed by atoms with Gasteiger partial charge < -0.3 is 15.5 Å². The first-order chi connectivity index (χ1) is 15.8. The van der Waals surface area contributed by atoms with Crippen LogP contribution in [0, 0.1) is 18.3 Å². The Morgan fingerprint density at radius 1 is 1.42 bits per heavy atom. The number of halogens is 2. The van der Waals surface area contributed by atoms with Gasteiger partial charge in [0.1, 0.15) is 6.04 Å². The lowest BCUT2D eigenvalue weighted by atomic mass is 10.1. The first kappa shape index (κ1) is 22.7. The summed E-state index contributed by atoms with van der Waals surface area (Å²) >= 11 is 1.66. The van der Waals surface area contributed by atoms with E-state index in [1.54, 1.807) is 23.9 Å². The SMILES string of the molecule is Cc1ccc2c(c1)SC(/C=C/c1cnccc1C(=O)NCC(=O)N1CC(F)(F)C[C@H]1C#N)N2. The van der Waals surface area contributed by atoms with E-state index in [0.717, 1.165) is 15.5 Å². The second-order valence-electron chi connectivity index (χ2n) is 7.91. The number of nitrogens with zero attached hydrogens (tertiary/aromatic N) is 3. The van der Waals surface area contributed by atoms with Crippen LogP contribution in [0.4, 0.5) is 14.5 Å². The van der Waals surface area contributed by atoms with Crippen LogP contribution in [0.25, 0.3) is 6.08 Å². The van der Waals surface area contributed by atoms with Gasteiger partial charge in [-0.25, -0.2) is 8.78 Å². The number of amides is 2. The highest BCUT2D eigenvalue weighted by atomic mass is 32.2. The van der Waals surface area contributed by atoms with Gasteiger partial charge in [0.25, 0.3) is 11.8 Å². The van der Waals surface area contributed by atoms with Crippen LogP contribution in [-0.2, 0) is 4.79 Å². The molecule has 10 heteroatoms. The molecule has 2 atom stereocenters. The number of anilines is 1. The van der Waals surface area contributed by atoms with Crippen molar-refractivity contribution in [2.45, 2.75) is 35.6 Å². The molecule has 0 bridgehead atoms. The molecular formula is C23H21F2N5O2S. The number of likely N-dealkylation sites (tertiary alicyclic amines) is 1. The first-order valence-corrected chi connectivity index (χ1v) is 11.1. The van der Waals surface area contributed by atoms with Gasteiger partial charge in [0, 0.05) is 40.5 Å². The lowest BCUT2D eigenvalue weighted by Gasteiger charge is -2.19. The van der Waals surface area contributed by atoms with E-state index >= 15 is 0 Å². The van der Waals surface area contributed by atoms with Crippen LogP contribution in [-0.4, -0.2) is 52.1 Å². The number of rotatable bonds is 5. The zero-order valence-corrected chi connectivity index (χ0v) is 18.5. The predicted octanol–water partition coefficient (Wildman–Crippen LogP) is 3.44. The largest absolute Gasteiger partial charge is 0.369 e. The molecule has 1 aromatic carbocycles. The summed E-state index contributed by atoms with van der Waals surface area (Å²) < 4.78 is 27.1. The standard InChI is InChI=1S/C23H21F2N5O2S/c1-14-2-4-18-19(8-14)33-20(29-18)5-3-15-11-27-7-6-17(15)22(32)28-12-21(31)30-13-23(24,25)9-16(30)10-26/h2-8,11,16,20,29H,9,12-13H2,1H3,(H,28,32)/b5-3+/t16-,20?/m0/s1. The quantitative estimate of drug-likeness (QED) is 0.696. The number of carbonyl (C=O) groups is 2. The van der Waals surface area contributed by atoms with Crippen LogP contribution in [0.1, 0.15) is 27.9 Å². The predicted molar refractivity (Wildman–Crippen MR) is 121 cm³/mol. The number of nitriles is 1. The van der Waals surface area contributed by atoms with Gasteiger partial charge in [0.05, 0.1) is 24.5 Å². The second kappa shape index (κ2) is 9.19. The van der Waals surface area contributed by atoms with Gasteiger partial charge in [-0.05, 0) is 30.7 Å². The monoisotopic (exact) mass is 469 g/mol. The molecule has 33 heavy (non-hydrogen) atoms. The number of aryl methyl sites for hydroxylation is 1. The highest BCUT2D eigenvalue weighted by Gasteiger charge is 2.47. The zero-order chi connectivity index (χ0) is 23.6. The third kappa shape index (κ3) is 5.14. The van der Waals surface area contributed by atoms with Crippen molar-refractivity contribution >= 4 is 35.3 Å². The van der Waals surface area contributed by atoms with Crippen LogP contribution >= 0.6 is 11.8 Å². The highest BCUT2D eigenvalue weighted by molar-refractivity contribution is 8.00. The van der Waals surface area contributed by atoms with E-state index in [1.165, 1.54) is 24.0 Å². The molecule has 0 spiro atoms. The minimum Gasteiger partial charge on any atom is -0.369 e. The fourth-order valence-corrected chi connectivity index (χ4v) is 4.86. The summed E-state index contributed by atoms with van der Waals surface area (Å²) in [6, 6.07) is 8.21. The molecule has 2 aliphatic rings. The van der Waals surface area contributed by atoms with Crippen molar-refractivity contribution in [2.24, 2.45) is 0 Å². The van der Waals surface area contributed by atoms with Crippen molar-refractivity contribution in [3.63, 3.8) is 0 Å². The molecule has 1 aromatic heterocycles. The van der Waals surface area contributed by atoms with Crippen LogP contribution in [0.15, 0.2) is 47.6 Å². The summed E-state index contributed by atoms with van der Waals surface area (Å²) in [6.45, 7) is 0.732. The number of benzene rings is 1. The number of nitrogens with one attached hydrogen (secondary N) is 2. The van der Waals surface area contributed by atoms with Gasteiger partial charge in [-0.2, -0.15) is 5.26 Å².